The standard InChI is InChI=1S/C22H31N5O3/c1-15-14-24-18(25-15)22(10-6-11-22)27-19(28)26-17-8-5-7-16(13-17)9-12-23-20(29)30-21(2,3)4/h5,7-8,13-14H,6,9-12H2,1-4H3,(H,23,29)(H,24,25)(H2,26,27,28). The van der Waals surface area contributed by atoms with Gasteiger partial charge in [0.1, 0.15) is 11.4 Å². The monoisotopic (exact) mass is 413 g/mol. The summed E-state index contributed by atoms with van der Waals surface area (Å²) < 4.78 is 5.23. The first-order chi connectivity index (χ1) is 14.2. The number of anilines is 1. The van der Waals surface area contributed by atoms with Crippen LogP contribution in [0.15, 0.2) is 30.5 Å². The lowest BCUT2D eigenvalue weighted by Gasteiger charge is -2.40. The highest BCUT2D eigenvalue weighted by molar-refractivity contribution is 5.90. The summed E-state index contributed by atoms with van der Waals surface area (Å²) in [5, 5.41) is 8.74. The van der Waals surface area contributed by atoms with E-state index in [1.807, 2.05) is 52.0 Å². The van der Waals surface area contributed by atoms with E-state index in [0.717, 1.165) is 36.3 Å². The molecule has 0 aliphatic heterocycles. The zero-order chi connectivity index (χ0) is 21.8. The first-order valence-electron chi connectivity index (χ1n) is 10.3. The van der Waals surface area contributed by atoms with Crippen molar-refractivity contribution < 1.29 is 14.3 Å². The molecule has 8 heteroatoms. The van der Waals surface area contributed by atoms with Gasteiger partial charge in [-0.3, -0.25) is 0 Å². The molecule has 4 N–H and O–H groups in total. The number of carbonyl (C=O) groups excluding carboxylic acids is 2. The van der Waals surface area contributed by atoms with Crippen LogP contribution in [0.3, 0.4) is 0 Å². The van der Waals surface area contributed by atoms with E-state index < -0.39 is 17.2 Å². The van der Waals surface area contributed by atoms with Crippen molar-refractivity contribution in [3.63, 3.8) is 0 Å². The number of imidazole rings is 1. The molecule has 0 spiro atoms. The van der Waals surface area contributed by atoms with E-state index in [1.54, 1.807) is 6.20 Å². The van der Waals surface area contributed by atoms with Gasteiger partial charge in [-0.1, -0.05) is 12.1 Å². The number of H-pyrrole nitrogens is 1. The highest BCUT2D eigenvalue weighted by Crippen LogP contribution is 2.39. The molecule has 30 heavy (non-hydrogen) atoms. The number of carbonyl (C=O) groups is 2. The molecular weight excluding hydrogens is 382 g/mol. The lowest BCUT2D eigenvalue weighted by molar-refractivity contribution is 0.0528. The van der Waals surface area contributed by atoms with Gasteiger partial charge in [0.05, 0.1) is 5.54 Å². The number of rotatable bonds is 6. The minimum atomic E-state index is -0.520. The van der Waals surface area contributed by atoms with Gasteiger partial charge in [-0.2, -0.15) is 0 Å². The Morgan fingerprint density at radius 1 is 1.27 bits per heavy atom. The largest absolute Gasteiger partial charge is 0.444 e. The molecule has 1 fully saturated rings. The SMILES string of the molecule is Cc1cnc(C2(NC(=O)Nc3cccc(CCNC(=O)OC(C)(C)C)c3)CCC2)[nH]1. The van der Waals surface area contributed by atoms with Gasteiger partial charge < -0.3 is 25.7 Å². The number of aromatic amines is 1. The third kappa shape index (κ3) is 5.75. The summed E-state index contributed by atoms with van der Waals surface area (Å²) >= 11 is 0. The number of ether oxygens (including phenoxy) is 1. The second kappa shape index (κ2) is 8.77. The highest BCUT2D eigenvalue weighted by atomic mass is 16.6. The number of amides is 3. The van der Waals surface area contributed by atoms with E-state index in [0.29, 0.717) is 18.7 Å². The molecule has 1 aliphatic rings. The van der Waals surface area contributed by atoms with E-state index in [4.69, 9.17) is 4.74 Å². The molecule has 0 radical (unpaired) electrons. The maximum absolute atomic E-state index is 12.6. The number of urea groups is 1. The minimum absolute atomic E-state index is 0.257. The van der Waals surface area contributed by atoms with Crippen molar-refractivity contribution in [2.45, 2.75) is 64.5 Å². The Hall–Kier alpha value is -3.03. The molecule has 1 aromatic carbocycles. The van der Waals surface area contributed by atoms with E-state index in [-0.39, 0.29) is 6.03 Å². The molecule has 1 saturated carbocycles. The molecule has 0 saturated heterocycles. The predicted octanol–water partition coefficient (Wildman–Crippen LogP) is 3.99. The molecule has 3 rings (SSSR count). The van der Waals surface area contributed by atoms with Crippen molar-refractivity contribution in [3.8, 4) is 0 Å². The van der Waals surface area contributed by atoms with Crippen molar-refractivity contribution in [3.05, 3.63) is 47.5 Å². The molecule has 8 nitrogen and oxygen atoms in total. The van der Waals surface area contributed by atoms with Gasteiger partial charge in [0.2, 0.25) is 0 Å². The fourth-order valence-electron chi connectivity index (χ4n) is 3.41. The summed E-state index contributed by atoms with van der Waals surface area (Å²) in [7, 11) is 0. The lowest BCUT2D eigenvalue weighted by atomic mass is 9.76. The quantitative estimate of drug-likeness (QED) is 0.574. The number of aromatic nitrogens is 2. The maximum Gasteiger partial charge on any atom is 0.407 e. The first kappa shape index (κ1) is 21.7. The smallest absolute Gasteiger partial charge is 0.407 e. The second-order valence-corrected chi connectivity index (χ2v) is 8.81. The van der Waals surface area contributed by atoms with E-state index in [9.17, 15) is 9.59 Å². The van der Waals surface area contributed by atoms with Gasteiger partial charge in [-0.25, -0.2) is 14.6 Å². The molecule has 1 aromatic heterocycles. The van der Waals surface area contributed by atoms with Gasteiger partial charge >= 0.3 is 12.1 Å². The first-order valence-corrected chi connectivity index (χ1v) is 10.3. The number of nitrogens with one attached hydrogen (secondary N) is 4. The Bertz CT molecular complexity index is 896. The summed E-state index contributed by atoms with van der Waals surface area (Å²) in [6.45, 7) is 7.88. The van der Waals surface area contributed by atoms with Crippen molar-refractivity contribution in [2.75, 3.05) is 11.9 Å². The van der Waals surface area contributed by atoms with E-state index in [2.05, 4.69) is 25.9 Å². The fraction of sp³-hybridized carbons (Fsp3) is 0.500. The van der Waals surface area contributed by atoms with Gasteiger partial charge in [0.25, 0.3) is 0 Å². The molecule has 2 aromatic rings. The minimum Gasteiger partial charge on any atom is -0.444 e. The van der Waals surface area contributed by atoms with Crippen LogP contribution in [-0.4, -0.2) is 34.2 Å². The normalized spacial score (nSPS) is 15.1. The summed E-state index contributed by atoms with van der Waals surface area (Å²) in [4.78, 5) is 32.0. The summed E-state index contributed by atoms with van der Waals surface area (Å²) in [6, 6.07) is 7.33. The Labute approximate surface area is 177 Å². The van der Waals surface area contributed by atoms with Crippen LogP contribution in [0.25, 0.3) is 0 Å². The molecule has 0 atom stereocenters. The molecule has 1 aliphatic carbocycles. The lowest BCUT2D eigenvalue weighted by Crippen LogP contribution is -2.52. The number of hydrogen-bond donors (Lipinski definition) is 4. The average Bonchev–Trinajstić information content (AvgIpc) is 3.03. The highest BCUT2D eigenvalue weighted by Gasteiger charge is 2.42. The zero-order valence-corrected chi connectivity index (χ0v) is 18.1. The third-order valence-corrected chi connectivity index (χ3v) is 4.98. The molecule has 3 amide bonds. The van der Waals surface area contributed by atoms with Gasteiger partial charge in [-0.15, -0.1) is 0 Å². The molecular formula is C22H31N5O3. The molecule has 162 valence electrons. The Balaban J connectivity index is 1.52. The fourth-order valence-corrected chi connectivity index (χ4v) is 3.41. The number of alkyl carbamates (subject to hydrolysis) is 1. The topological polar surface area (TPSA) is 108 Å². The molecule has 1 heterocycles. The van der Waals surface area contributed by atoms with Crippen LogP contribution in [0.4, 0.5) is 15.3 Å². The zero-order valence-electron chi connectivity index (χ0n) is 18.1. The van der Waals surface area contributed by atoms with E-state index >= 15 is 0 Å². The van der Waals surface area contributed by atoms with Crippen molar-refractivity contribution in [2.24, 2.45) is 0 Å². The summed E-state index contributed by atoms with van der Waals surface area (Å²) in [5.41, 5.74) is 1.74. The van der Waals surface area contributed by atoms with Crippen LogP contribution in [0.5, 0.6) is 0 Å². The number of hydrogen-bond acceptors (Lipinski definition) is 4. The van der Waals surface area contributed by atoms with Crippen molar-refractivity contribution >= 4 is 17.8 Å². The van der Waals surface area contributed by atoms with Crippen LogP contribution in [0.2, 0.25) is 0 Å². The Morgan fingerprint density at radius 3 is 2.63 bits per heavy atom. The van der Waals surface area contributed by atoms with Gasteiger partial charge in [0, 0.05) is 24.1 Å². The molecule has 0 bridgehead atoms. The predicted molar refractivity (Wildman–Crippen MR) is 115 cm³/mol. The summed E-state index contributed by atoms with van der Waals surface area (Å²) in [5.74, 6) is 0.809. The number of benzene rings is 1. The second-order valence-electron chi connectivity index (χ2n) is 8.81. The van der Waals surface area contributed by atoms with Crippen LogP contribution in [-0.2, 0) is 16.7 Å². The van der Waals surface area contributed by atoms with Crippen molar-refractivity contribution in [1.29, 1.82) is 0 Å². The third-order valence-electron chi connectivity index (χ3n) is 4.98. The van der Waals surface area contributed by atoms with Gasteiger partial charge in [-0.05, 0) is 71.1 Å². The Kier molecular flexibility index (Phi) is 6.34. The van der Waals surface area contributed by atoms with Crippen molar-refractivity contribution in [1.82, 2.24) is 20.6 Å². The average molecular weight is 414 g/mol. The molecule has 0 unspecified atom stereocenters. The van der Waals surface area contributed by atoms with Crippen LogP contribution >= 0.6 is 0 Å². The number of nitrogens with zero attached hydrogens (tertiary/aromatic N) is 1. The van der Waals surface area contributed by atoms with Crippen LogP contribution < -0.4 is 16.0 Å². The van der Waals surface area contributed by atoms with Gasteiger partial charge in [0.15, 0.2) is 0 Å². The Morgan fingerprint density at radius 2 is 2.03 bits per heavy atom. The van der Waals surface area contributed by atoms with Crippen LogP contribution in [0.1, 0.15) is 57.1 Å². The van der Waals surface area contributed by atoms with Crippen LogP contribution in [0, 0.1) is 6.92 Å². The number of aryl methyl sites for hydroxylation is 1. The maximum atomic E-state index is 12.6. The summed E-state index contributed by atoms with van der Waals surface area (Å²) in [6.07, 6.45) is 4.76. The van der Waals surface area contributed by atoms with E-state index in [1.165, 1.54) is 0 Å².